The monoisotopic (exact) mass is 271 g/mol. The van der Waals surface area contributed by atoms with Crippen molar-refractivity contribution in [1.82, 2.24) is 15.1 Å². The zero-order valence-corrected chi connectivity index (χ0v) is 12.4. The standard InChI is InChI=1S/C16H21N3O/c1-11(2)12(3)19(4)16(20)15-10-14(17-18-15)13-8-6-5-7-9-13/h5-12H,1-4H3,(H,17,18)/t12-/m1/s1. The lowest BCUT2D eigenvalue weighted by molar-refractivity contribution is 0.0701. The number of aromatic nitrogens is 2. The highest BCUT2D eigenvalue weighted by molar-refractivity contribution is 5.93. The summed E-state index contributed by atoms with van der Waals surface area (Å²) in [6.45, 7) is 6.27. The molecule has 0 fully saturated rings. The summed E-state index contributed by atoms with van der Waals surface area (Å²) < 4.78 is 0. The van der Waals surface area contributed by atoms with E-state index in [0.717, 1.165) is 11.3 Å². The van der Waals surface area contributed by atoms with Crippen LogP contribution in [0.25, 0.3) is 11.3 Å². The molecule has 0 unspecified atom stereocenters. The van der Waals surface area contributed by atoms with Gasteiger partial charge in [-0.15, -0.1) is 0 Å². The van der Waals surface area contributed by atoms with E-state index in [-0.39, 0.29) is 11.9 Å². The largest absolute Gasteiger partial charge is 0.337 e. The molecule has 0 radical (unpaired) electrons. The van der Waals surface area contributed by atoms with Gasteiger partial charge in [0.2, 0.25) is 0 Å². The average molecular weight is 271 g/mol. The second kappa shape index (κ2) is 5.90. The van der Waals surface area contributed by atoms with Gasteiger partial charge in [0.1, 0.15) is 5.69 Å². The first-order valence-corrected chi connectivity index (χ1v) is 6.88. The predicted octanol–water partition coefficient (Wildman–Crippen LogP) is 3.19. The Balaban J connectivity index is 2.19. The molecule has 2 aromatic rings. The third-order valence-corrected chi connectivity index (χ3v) is 3.77. The average Bonchev–Trinajstić information content (AvgIpc) is 2.95. The highest BCUT2D eigenvalue weighted by Crippen LogP contribution is 2.18. The second-order valence-electron chi connectivity index (χ2n) is 5.43. The molecule has 0 spiro atoms. The Bertz CT molecular complexity index is 574. The van der Waals surface area contributed by atoms with Crippen LogP contribution >= 0.6 is 0 Å². The molecule has 1 N–H and O–H groups in total. The third kappa shape index (κ3) is 2.90. The molecule has 2 rings (SSSR count). The van der Waals surface area contributed by atoms with Crippen LogP contribution in [0.4, 0.5) is 0 Å². The molecule has 1 amide bonds. The molecule has 0 aliphatic heterocycles. The Hall–Kier alpha value is -2.10. The van der Waals surface area contributed by atoms with Crippen LogP contribution in [0, 0.1) is 5.92 Å². The van der Waals surface area contributed by atoms with E-state index >= 15 is 0 Å². The van der Waals surface area contributed by atoms with E-state index in [1.165, 1.54) is 0 Å². The van der Waals surface area contributed by atoms with E-state index in [0.29, 0.717) is 11.6 Å². The number of benzene rings is 1. The maximum absolute atomic E-state index is 12.4. The Labute approximate surface area is 119 Å². The number of rotatable bonds is 4. The zero-order valence-electron chi connectivity index (χ0n) is 12.4. The van der Waals surface area contributed by atoms with Crippen LogP contribution in [0.2, 0.25) is 0 Å². The van der Waals surface area contributed by atoms with Crippen LogP contribution in [-0.2, 0) is 0 Å². The number of amides is 1. The van der Waals surface area contributed by atoms with Gasteiger partial charge in [-0.1, -0.05) is 44.2 Å². The summed E-state index contributed by atoms with van der Waals surface area (Å²) in [7, 11) is 1.83. The molecule has 1 heterocycles. The van der Waals surface area contributed by atoms with Gasteiger partial charge < -0.3 is 4.90 Å². The molecule has 1 aromatic carbocycles. The number of hydrogen-bond acceptors (Lipinski definition) is 2. The fraction of sp³-hybridized carbons (Fsp3) is 0.375. The quantitative estimate of drug-likeness (QED) is 0.928. The van der Waals surface area contributed by atoms with Gasteiger partial charge in [0.05, 0.1) is 5.69 Å². The Morgan fingerprint density at radius 2 is 1.85 bits per heavy atom. The topological polar surface area (TPSA) is 49.0 Å². The smallest absolute Gasteiger partial charge is 0.271 e. The summed E-state index contributed by atoms with van der Waals surface area (Å²) in [6, 6.07) is 11.8. The van der Waals surface area contributed by atoms with Gasteiger partial charge in [-0.25, -0.2) is 0 Å². The van der Waals surface area contributed by atoms with Crippen LogP contribution < -0.4 is 0 Å². The molecule has 4 nitrogen and oxygen atoms in total. The lowest BCUT2D eigenvalue weighted by Crippen LogP contribution is -2.38. The van der Waals surface area contributed by atoms with Crippen molar-refractivity contribution in [2.24, 2.45) is 5.92 Å². The number of H-pyrrole nitrogens is 1. The van der Waals surface area contributed by atoms with Crippen LogP contribution in [0.15, 0.2) is 36.4 Å². The summed E-state index contributed by atoms with van der Waals surface area (Å²) in [5, 5.41) is 7.06. The predicted molar refractivity (Wildman–Crippen MR) is 80.4 cm³/mol. The van der Waals surface area contributed by atoms with E-state index in [1.54, 1.807) is 11.0 Å². The molecule has 4 heteroatoms. The summed E-state index contributed by atoms with van der Waals surface area (Å²) in [5.74, 6) is 0.390. The molecular formula is C16H21N3O. The highest BCUT2D eigenvalue weighted by atomic mass is 16.2. The first-order chi connectivity index (χ1) is 9.50. The number of nitrogens with zero attached hydrogens (tertiary/aromatic N) is 2. The maximum atomic E-state index is 12.4. The normalized spacial score (nSPS) is 12.4. The number of hydrogen-bond donors (Lipinski definition) is 1. The molecular weight excluding hydrogens is 250 g/mol. The van der Waals surface area contributed by atoms with Crippen molar-refractivity contribution in [2.75, 3.05) is 7.05 Å². The fourth-order valence-electron chi connectivity index (χ4n) is 2.01. The van der Waals surface area contributed by atoms with Gasteiger partial charge in [-0.05, 0) is 18.9 Å². The first-order valence-electron chi connectivity index (χ1n) is 6.88. The van der Waals surface area contributed by atoms with Gasteiger partial charge in [0.15, 0.2) is 0 Å². The van der Waals surface area contributed by atoms with Crippen molar-refractivity contribution < 1.29 is 4.79 Å². The van der Waals surface area contributed by atoms with Crippen molar-refractivity contribution in [3.05, 3.63) is 42.1 Å². The Kier molecular flexibility index (Phi) is 4.23. The van der Waals surface area contributed by atoms with Crippen LogP contribution in [-0.4, -0.2) is 34.1 Å². The number of carbonyl (C=O) groups is 1. The minimum atomic E-state index is -0.0270. The lowest BCUT2D eigenvalue weighted by atomic mass is 10.0. The molecule has 20 heavy (non-hydrogen) atoms. The van der Waals surface area contributed by atoms with Crippen LogP contribution in [0.3, 0.4) is 0 Å². The second-order valence-corrected chi connectivity index (χ2v) is 5.43. The van der Waals surface area contributed by atoms with Gasteiger partial charge in [0.25, 0.3) is 5.91 Å². The molecule has 0 saturated heterocycles. The Morgan fingerprint density at radius 3 is 2.45 bits per heavy atom. The minimum Gasteiger partial charge on any atom is -0.337 e. The number of aromatic amines is 1. The fourth-order valence-corrected chi connectivity index (χ4v) is 2.01. The van der Waals surface area contributed by atoms with Gasteiger partial charge in [-0.3, -0.25) is 9.89 Å². The van der Waals surface area contributed by atoms with E-state index < -0.39 is 0 Å². The van der Waals surface area contributed by atoms with Crippen molar-refractivity contribution >= 4 is 5.91 Å². The van der Waals surface area contributed by atoms with Gasteiger partial charge in [0, 0.05) is 18.7 Å². The van der Waals surface area contributed by atoms with Crippen LogP contribution in [0.5, 0.6) is 0 Å². The van der Waals surface area contributed by atoms with Crippen LogP contribution in [0.1, 0.15) is 31.3 Å². The van der Waals surface area contributed by atoms with E-state index in [4.69, 9.17) is 0 Å². The molecule has 1 atom stereocenters. The van der Waals surface area contributed by atoms with Crippen molar-refractivity contribution in [3.63, 3.8) is 0 Å². The van der Waals surface area contributed by atoms with E-state index in [2.05, 4.69) is 31.0 Å². The summed E-state index contributed by atoms with van der Waals surface area (Å²) in [4.78, 5) is 14.1. The van der Waals surface area contributed by atoms with Crippen molar-refractivity contribution in [1.29, 1.82) is 0 Å². The first kappa shape index (κ1) is 14.3. The van der Waals surface area contributed by atoms with Gasteiger partial charge >= 0.3 is 0 Å². The summed E-state index contributed by atoms with van der Waals surface area (Å²) in [5.41, 5.74) is 2.32. The molecule has 0 aliphatic rings. The molecule has 0 bridgehead atoms. The molecule has 0 aliphatic carbocycles. The molecule has 0 saturated carbocycles. The number of carbonyl (C=O) groups excluding carboxylic acids is 1. The van der Waals surface area contributed by atoms with Gasteiger partial charge in [-0.2, -0.15) is 5.10 Å². The maximum Gasteiger partial charge on any atom is 0.271 e. The summed E-state index contributed by atoms with van der Waals surface area (Å²) >= 11 is 0. The number of nitrogens with one attached hydrogen (secondary N) is 1. The third-order valence-electron chi connectivity index (χ3n) is 3.77. The van der Waals surface area contributed by atoms with E-state index in [9.17, 15) is 4.79 Å². The van der Waals surface area contributed by atoms with Crippen molar-refractivity contribution in [3.8, 4) is 11.3 Å². The van der Waals surface area contributed by atoms with E-state index in [1.807, 2.05) is 37.4 Å². The Morgan fingerprint density at radius 1 is 1.20 bits per heavy atom. The summed E-state index contributed by atoms with van der Waals surface area (Å²) in [6.07, 6.45) is 0. The lowest BCUT2D eigenvalue weighted by Gasteiger charge is -2.27. The molecule has 1 aromatic heterocycles. The SMILES string of the molecule is CC(C)[C@@H](C)N(C)C(=O)c1cc(-c2ccccc2)n[nH]1. The van der Waals surface area contributed by atoms with Crippen molar-refractivity contribution in [2.45, 2.75) is 26.8 Å². The molecule has 106 valence electrons. The minimum absolute atomic E-state index is 0.0270. The highest BCUT2D eigenvalue weighted by Gasteiger charge is 2.21. The zero-order chi connectivity index (χ0) is 14.7.